The lowest BCUT2D eigenvalue weighted by molar-refractivity contribution is 0.0586. The Kier molecular flexibility index (Phi) is 6.31. The molecule has 0 spiro atoms. The van der Waals surface area contributed by atoms with Gasteiger partial charge in [-0.3, -0.25) is 4.90 Å². The largest absolute Gasteiger partial charge is 0.395 e. The average Bonchev–Trinajstić information content (AvgIpc) is 2.86. The molecule has 3 unspecified atom stereocenters. The van der Waals surface area contributed by atoms with Gasteiger partial charge in [-0.1, -0.05) is 26.7 Å². The van der Waals surface area contributed by atoms with Crippen LogP contribution in [0.4, 0.5) is 0 Å². The summed E-state index contributed by atoms with van der Waals surface area (Å²) in [5.41, 5.74) is 0.449. The number of nitrogens with zero attached hydrogens (tertiary/aromatic N) is 1. The average molecular weight is 282 g/mol. The molecule has 0 amide bonds. The summed E-state index contributed by atoms with van der Waals surface area (Å²) in [6.07, 6.45) is 9.17. The minimum Gasteiger partial charge on any atom is -0.395 e. The molecule has 1 saturated heterocycles. The van der Waals surface area contributed by atoms with Crippen LogP contribution in [0.2, 0.25) is 0 Å². The van der Waals surface area contributed by atoms with Crippen LogP contribution in [0.5, 0.6) is 0 Å². The molecule has 20 heavy (non-hydrogen) atoms. The second-order valence-corrected chi connectivity index (χ2v) is 7.33. The van der Waals surface area contributed by atoms with Crippen LogP contribution in [0.25, 0.3) is 0 Å². The van der Waals surface area contributed by atoms with Gasteiger partial charge in [0.15, 0.2) is 0 Å². The molecule has 2 rings (SSSR count). The first-order chi connectivity index (χ1) is 9.69. The molecule has 1 heterocycles. The van der Waals surface area contributed by atoms with Gasteiger partial charge >= 0.3 is 0 Å². The lowest BCUT2D eigenvalue weighted by Crippen LogP contribution is -2.48. The molecule has 0 radical (unpaired) electrons. The fourth-order valence-corrected chi connectivity index (χ4v) is 4.40. The van der Waals surface area contributed by atoms with Gasteiger partial charge in [-0.05, 0) is 56.5 Å². The number of aliphatic hydroxyl groups is 1. The number of aliphatic hydroxyl groups excluding tert-OH is 1. The van der Waals surface area contributed by atoms with E-state index in [-0.39, 0.29) is 0 Å². The third-order valence-corrected chi connectivity index (χ3v) is 5.36. The molecule has 2 N–H and O–H groups in total. The minimum absolute atomic E-state index is 0.341. The van der Waals surface area contributed by atoms with Crippen LogP contribution in [0.3, 0.4) is 0 Å². The third-order valence-electron chi connectivity index (χ3n) is 5.36. The van der Waals surface area contributed by atoms with Crippen LogP contribution >= 0.6 is 0 Å². The Balaban J connectivity index is 1.97. The second-order valence-electron chi connectivity index (χ2n) is 7.33. The maximum Gasteiger partial charge on any atom is 0.0586 e. The van der Waals surface area contributed by atoms with Crippen molar-refractivity contribution in [2.75, 3.05) is 32.8 Å². The molecule has 0 bridgehead atoms. The molecule has 1 aliphatic carbocycles. The summed E-state index contributed by atoms with van der Waals surface area (Å²) in [5, 5.41) is 13.2. The van der Waals surface area contributed by atoms with Crippen LogP contribution in [0.15, 0.2) is 0 Å². The molecule has 3 heteroatoms. The van der Waals surface area contributed by atoms with Crippen molar-refractivity contribution in [1.82, 2.24) is 10.2 Å². The number of hydrogen-bond donors (Lipinski definition) is 2. The molecule has 1 aliphatic heterocycles. The van der Waals surface area contributed by atoms with Crippen molar-refractivity contribution in [1.29, 1.82) is 0 Å². The first-order valence-corrected chi connectivity index (χ1v) is 8.75. The molecular weight excluding hydrogens is 248 g/mol. The van der Waals surface area contributed by atoms with E-state index in [1.807, 2.05) is 0 Å². The Morgan fingerprint density at radius 1 is 1.30 bits per heavy atom. The molecule has 1 saturated carbocycles. The summed E-state index contributed by atoms with van der Waals surface area (Å²) in [6.45, 7) is 9.69. The Hall–Kier alpha value is -0.120. The van der Waals surface area contributed by atoms with Crippen molar-refractivity contribution in [2.24, 2.45) is 11.3 Å². The highest BCUT2D eigenvalue weighted by Crippen LogP contribution is 2.40. The molecule has 118 valence electrons. The molecular formula is C17H34N2O. The Labute approximate surface area is 125 Å². The molecule has 2 aliphatic rings. The van der Waals surface area contributed by atoms with E-state index in [4.69, 9.17) is 0 Å². The van der Waals surface area contributed by atoms with Gasteiger partial charge in [0.1, 0.15) is 0 Å². The fraction of sp³-hybridized carbons (Fsp3) is 1.00. The number of likely N-dealkylation sites (tertiary alicyclic amines) is 1. The first kappa shape index (κ1) is 16.3. The summed E-state index contributed by atoms with van der Waals surface area (Å²) >= 11 is 0. The highest BCUT2D eigenvalue weighted by molar-refractivity contribution is 4.92. The van der Waals surface area contributed by atoms with E-state index in [1.54, 1.807) is 0 Å². The van der Waals surface area contributed by atoms with E-state index in [1.165, 1.54) is 64.6 Å². The van der Waals surface area contributed by atoms with Crippen molar-refractivity contribution < 1.29 is 5.11 Å². The van der Waals surface area contributed by atoms with Gasteiger partial charge in [-0.25, -0.2) is 0 Å². The van der Waals surface area contributed by atoms with Crippen LogP contribution in [-0.2, 0) is 0 Å². The van der Waals surface area contributed by atoms with Gasteiger partial charge in [-0.2, -0.15) is 0 Å². The van der Waals surface area contributed by atoms with Crippen LogP contribution in [0.1, 0.15) is 58.8 Å². The number of nitrogens with one attached hydrogen (secondary N) is 1. The zero-order chi connectivity index (χ0) is 14.4. The van der Waals surface area contributed by atoms with Gasteiger partial charge in [0.25, 0.3) is 0 Å². The minimum atomic E-state index is 0.341. The summed E-state index contributed by atoms with van der Waals surface area (Å²) in [4.78, 5) is 2.58. The van der Waals surface area contributed by atoms with E-state index in [0.717, 1.165) is 12.5 Å². The van der Waals surface area contributed by atoms with Crippen molar-refractivity contribution in [2.45, 2.75) is 64.8 Å². The zero-order valence-electron chi connectivity index (χ0n) is 13.5. The zero-order valence-corrected chi connectivity index (χ0v) is 13.5. The molecule has 0 aromatic heterocycles. The molecule has 0 aromatic rings. The summed E-state index contributed by atoms with van der Waals surface area (Å²) in [7, 11) is 0. The summed E-state index contributed by atoms with van der Waals surface area (Å²) < 4.78 is 0. The Morgan fingerprint density at radius 3 is 2.85 bits per heavy atom. The van der Waals surface area contributed by atoms with Gasteiger partial charge in [0.2, 0.25) is 0 Å². The predicted molar refractivity (Wildman–Crippen MR) is 84.9 cm³/mol. The van der Waals surface area contributed by atoms with Gasteiger partial charge < -0.3 is 10.4 Å². The maximum atomic E-state index is 9.56. The van der Waals surface area contributed by atoms with Crippen molar-refractivity contribution in [3.8, 4) is 0 Å². The Bertz CT molecular complexity index is 284. The van der Waals surface area contributed by atoms with Crippen molar-refractivity contribution >= 4 is 0 Å². The smallest absolute Gasteiger partial charge is 0.0586 e. The van der Waals surface area contributed by atoms with Gasteiger partial charge in [0.05, 0.1) is 6.61 Å². The van der Waals surface area contributed by atoms with Crippen LogP contribution in [0, 0.1) is 11.3 Å². The molecule has 2 fully saturated rings. The van der Waals surface area contributed by atoms with E-state index >= 15 is 0 Å². The molecule has 3 nitrogen and oxygen atoms in total. The van der Waals surface area contributed by atoms with E-state index in [2.05, 4.69) is 24.1 Å². The summed E-state index contributed by atoms with van der Waals surface area (Å²) in [6, 6.07) is 0.426. The predicted octanol–water partition coefficient (Wildman–Crippen LogP) is 2.64. The lowest BCUT2D eigenvalue weighted by atomic mass is 9.69. The normalized spacial score (nSPS) is 35.5. The van der Waals surface area contributed by atoms with E-state index < -0.39 is 0 Å². The van der Waals surface area contributed by atoms with E-state index in [9.17, 15) is 5.11 Å². The SMILES string of the molecule is CCCNCC1(CN2CCCC2CO)CCCC(C)C1. The highest BCUT2D eigenvalue weighted by atomic mass is 16.3. The number of hydrogen-bond acceptors (Lipinski definition) is 3. The molecule has 0 aromatic carbocycles. The first-order valence-electron chi connectivity index (χ1n) is 8.75. The standard InChI is InChI=1S/C17H34N2O/c1-3-9-18-13-17(8-4-6-15(2)11-17)14-19-10-5-7-16(19)12-20/h15-16,18,20H,3-14H2,1-2H3. The van der Waals surface area contributed by atoms with Crippen molar-refractivity contribution in [3.63, 3.8) is 0 Å². The van der Waals surface area contributed by atoms with Crippen LogP contribution in [-0.4, -0.2) is 48.8 Å². The van der Waals surface area contributed by atoms with Gasteiger partial charge in [-0.15, -0.1) is 0 Å². The molecule has 3 atom stereocenters. The monoisotopic (exact) mass is 282 g/mol. The summed E-state index contributed by atoms with van der Waals surface area (Å²) in [5.74, 6) is 0.863. The van der Waals surface area contributed by atoms with Crippen molar-refractivity contribution in [3.05, 3.63) is 0 Å². The Morgan fingerprint density at radius 2 is 2.15 bits per heavy atom. The number of rotatable bonds is 7. The maximum absolute atomic E-state index is 9.56. The quantitative estimate of drug-likeness (QED) is 0.705. The lowest BCUT2D eigenvalue weighted by Gasteiger charge is -2.44. The third kappa shape index (κ3) is 4.19. The van der Waals surface area contributed by atoms with E-state index in [0.29, 0.717) is 18.1 Å². The van der Waals surface area contributed by atoms with Gasteiger partial charge in [0, 0.05) is 19.1 Å². The van der Waals surface area contributed by atoms with Crippen LogP contribution < -0.4 is 5.32 Å². The highest BCUT2D eigenvalue weighted by Gasteiger charge is 2.38. The topological polar surface area (TPSA) is 35.5 Å². The fourth-order valence-electron chi connectivity index (χ4n) is 4.40. The second kappa shape index (κ2) is 7.77.